The molecule has 2 atom stereocenters. The summed E-state index contributed by atoms with van der Waals surface area (Å²) < 4.78 is 18.8. The molecule has 2 aliphatic heterocycles. The van der Waals surface area contributed by atoms with Crippen LogP contribution in [0.25, 0.3) is 0 Å². The number of ether oxygens (including phenoxy) is 1. The van der Waals surface area contributed by atoms with Crippen molar-refractivity contribution < 1.29 is 18.7 Å². The third-order valence-corrected chi connectivity index (χ3v) is 5.97. The van der Waals surface area contributed by atoms with Crippen LogP contribution < -0.4 is 10.1 Å². The Kier molecular flexibility index (Phi) is 4.57. The summed E-state index contributed by atoms with van der Waals surface area (Å²) in [5.41, 5.74) is 1.35. The number of anilines is 1. The maximum Gasteiger partial charge on any atom is 0.257 e. The first-order chi connectivity index (χ1) is 13.5. The molecule has 0 aliphatic carbocycles. The van der Waals surface area contributed by atoms with Gasteiger partial charge in [0, 0.05) is 18.3 Å². The van der Waals surface area contributed by atoms with Crippen LogP contribution in [0.1, 0.15) is 42.1 Å². The Bertz CT molecular complexity index is 945. The summed E-state index contributed by atoms with van der Waals surface area (Å²) in [5, 5.41) is 3.00. The quantitative estimate of drug-likeness (QED) is 0.876. The van der Waals surface area contributed by atoms with E-state index in [2.05, 4.69) is 5.32 Å². The first-order valence-corrected chi connectivity index (χ1v) is 9.58. The normalized spacial score (nSPS) is 23.0. The highest BCUT2D eigenvalue weighted by Crippen LogP contribution is 2.49. The third kappa shape index (κ3) is 2.58. The van der Waals surface area contributed by atoms with Gasteiger partial charge in [0.05, 0.1) is 24.1 Å². The number of methoxy groups -OCH3 is 1. The van der Waals surface area contributed by atoms with E-state index in [1.165, 1.54) is 25.3 Å². The summed E-state index contributed by atoms with van der Waals surface area (Å²) in [5.74, 6) is -0.532. The van der Waals surface area contributed by atoms with Crippen molar-refractivity contribution in [2.24, 2.45) is 0 Å². The molecule has 0 bridgehead atoms. The van der Waals surface area contributed by atoms with Gasteiger partial charge in [0.2, 0.25) is 5.91 Å². The lowest BCUT2D eigenvalue weighted by molar-refractivity contribution is -0.121. The number of nitrogens with zero attached hydrogens (tertiary/aromatic N) is 1. The van der Waals surface area contributed by atoms with E-state index < -0.39 is 11.2 Å². The number of carbonyl (C=O) groups is 2. The number of hydrogen-bond acceptors (Lipinski definition) is 3. The zero-order chi connectivity index (χ0) is 19.9. The van der Waals surface area contributed by atoms with Gasteiger partial charge in [-0.25, -0.2) is 4.39 Å². The Morgan fingerprint density at radius 1 is 1.32 bits per heavy atom. The number of carbonyl (C=O) groups excluding carboxylic acids is 2. The van der Waals surface area contributed by atoms with Gasteiger partial charge < -0.3 is 15.0 Å². The molecule has 2 heterocycles. The minimum Gasteiger partial charge on any atom is -0.496 e. The maximum atomic E-state index is 13.6. The molecular formula is C22H23FN2O3. The highest BCUT2D eigenvalue weighted by atomic mass is 19.1. The SMILES string of the molecule is CCC[C@@H]1N(C(=O)c2ccc(F)cc2OC)CC[C@]12C(=O)Nc1ccccc12. The number of amides is 2. The van der Waals surface area contributed by atoms with Crippen LogP contribution in [-0.4, -0.2) is 36.4 Å². The smallest absolute Gasteiger partial charge is 0.257 e. The van der Waals surface area contributed by atoms with Gasteiger partial charge in [0.1, 0.15) is 11.6 Å². The Hall–Kier alpha value is -2.89. The number of para-hydroxylation sites is 1. The first-order valence-electron chi connectivity index (χ1n) is 9.58. The summed E-state index contributed by atoms with van der Waals surface area (Å²) in [6.07, 6.45) is 2.11. The Labute approximate surface area is 163 Å². The van der Waals surface area contributed by atoms with E-state index >= 15 is 0 Å². The fourth-order valence-corrected chi connectivity index (χ4v) is 4.72. The van der Waals surface area contributed by atoms with Gasteiger partial charge in [-0.15, -0.1) is 0 Å². The second-order valence-corrected chi connectivity index (χ2v) is 7.37. The second-order valence-electron chi connectivity index (χ2n) is 7.37. The van der Waals surface area contributed by atoms with Crippen LogP contribution >= 0.6 is 0 Å². The average molecular weight is 382 g/mol. The van der Waals surface area contributed by atoms with Crippen LogP contribution in [0.15, 0.2) is 42.5 Å². The van der Waals surface area contributed by atoms with E-state index in [-0.39, 0.29) is 23.6 Å². The zero-order valence-corrected chi connectivity index (χ0v) is 16.0. The molecule has 1 spiro atoms. The van der Waals surface area contributed by atoms with Gasteiger partial charge >= 0.3 is 0 Å². The lowest BCUT2D eigenvalue weighted by Crippen LogP contribution is -2.48. The van der Waals surface area contributed by atoms with Gasteiger partial charge in [-0.2, -0.15) is 0 Å². The van der Waals surface area contributed by atoms with Crippen molar-refractivity contribution in [1.29, 1.82) is 0 Å². The third-order valence-electron chi connectivity index (χ3n) is 5.97. The van der Waals surface area contributed by atoms with E-state index in [0.717, 1.165) is 17.7 Å². The van der Waals surface area contributed by atoms with Gasteiger partial charge in [-0.1, -0.05) is 31.5 Å². The summed E-state index contributed by atoms with van der Waals surface area (Å²) in [4.78, 5) is 28.2. The summed E-state index contributed by atoms with van der Waals surface area (Å²) in [6.45, 7) is 2.51. The minimum atomic E-state index is -0.741. The monoisotopic (exact) mass is 382 g/mol. The molecule has 0 unspecified atom stereocenters. The van der Waals surface area contributed by atoms with Crippen LogP contribution in [-0.2, 0) is 10.2 Å². The predicted molar refractivity (Wildman–Crippen MR) is 104 cm³/mol. The Morgan fingerprint density at radius 2 is 2.11 bits per heavy atom. The van der Waals surface area contributed by atoms with Crippen LogP contribution in [0.4, 0.5) is 10.1 Å². The highest BCUT2D eigenvalue weighted by molar-refractivity contribution is 6.08. The molecule has 1 N–H and O–H groups in total. The molecule has 146 valence electrons. The van der Waals surface area contributed by atoms with Gasteiger partial charge in [-0.3, -0.25) is 9.59 Å². The molecule has 0 saturated carbocycles. The van der Waals surface area contributed by atoms with Crippen LogP contribution in [0.3, 0.4) is 0 Å². The van der Waals surface area contributed by atoms with Crippen molar-refractivity contribution in [2.45, 2.75) is 37.6 Å². The molecule has 2 aromatic rings. The number of rotatable bonds is 4. The van der Waals surface area contributed by atoms with Gasteiger partial charge in [-0.05, 0) is 36.6 Å². The van der Waals surface area contributed by atoms with Crippen molar-refractivity contribution in [3.63, 3.8) is 0 Å². The molecule has 28 heavy (non-hydrogen) atoms. The zero-order valence-electron chi connectivity index (χ0n) is 16.0. The number of likely N-dealkylation sites (tertiary alicyclic amines) is 1. The molecule has 1 saturated heterocycles. The largest absolute Gasteiger partial charge is 0.496 e. The maximum absolute atomic E-state index is 13.6. The molecule has 5 nitrogen and oxygen atoms in total. The lowest BCUT2D eigenvalue weighted by atomic mass is 9.73. The molecular weight excluding hydrogens is 359 g/mol. The molecule has 2 amide bonds. The number of benzene rings is 2. The van der Waals surface area contributed by atoms with Gasteiger partial charge in [0.15, 0.2) is 0 Å². The van der Waals surface area contributed by atoms with Crippen molar-refractivity contribution in [3.8, 4) is 5.75 Å². The van der Waals surface area contributed by atoms with Crippen molar-refractivity contribution in [1.82, 2.24) is 4.90 Å². The van der Waals surface area contributed by atoms with E-state index in [4.69, 9.17) is 4.74 Å². The predicted octanol–water partition coefficient (Wildman–Crippen LogP) is 3.74. The highest BCUT2D eigenvalue weighted by Gasteiger charge is 2.58. The topological polar surface area (TPSA) is 58.6 Å². The molecule has 1 fully saturated rings. The standard InChI is InChI=1S/C22H23FN2O3/c1-3-6-19-22(16-7-4-5-8-17(16)24-21(22)27)11-12-25(19)20(26)15-10-9-14(23)13-18(15)28-2/h4-5,7-10,13,19H,3,6,11-12H2,1-2H3,(H,24,27)/t19-,22+/m0/s1. The molecule has 4 rings (SSSR count). The van der Waals surface area contributed by atoms with Crippen molar-refractivity contribution >= 4 is 17.5 Å². The van der Waals surface area contributed by atoms with Crippen molar-refractivity contribution in [2.75, 3.05) is 19.0 Å². The average Bonchev–Trinajstić information content (AvgIpc) is 3.21. The Morgan fingerprint density at radius 3 is 2.86 bits per heavy atom. The minimum absolute atomic E-state index is 0.0477. The lowest BCUT2D eigenvalue weighted by Gasteiger charge is -2.34. The molecule has 0 radical (unpaired) electrons. The molecule has 6 heteroatoms. The second kappa shape index (κ2) is 6.93. The van der Waals surface area contributed by atoms with Crippen LogP contribution in [0.2, 0.25) is 0 Å². The number of hydrogen-bond donors (Lipinski definition) is 1. The Balaban J connectivity index is 1.76. The summed E-state index contributed by atoms with van der Waals surface area (Å²) >= 11 is 0. The fourth-order valence-electron chi connectivity index (χ4n) is 4.72. The van der Waals surface area contributed by atoms with E-state index in [1.54, 1.807) is 4.90 Å². The molecule has 0 aromatic heterocycles. The summed E-state index contributed by atoms with van der Waals surface area (Å²) in [6, 6.07) is 11.4. The number of nitrogens with one attached hydrogen (secondary N) is 1. The molecule has 2 aromatic carbocycles. The van der Waals surface area contributed by atoms with Crippen molar-refractivity contribution in [3.05, 3.63) is 59.4 Å². The first kappa shape index (κ1) is 18.5. The fraction of sp³-hybridized carbons (Fsp3) is 0.364. The van der Waals surface area contributed by atoms with E-state index in [9.17, 15) is 14.0 Å². The van der Waals surface area contributed by atoms with E-state index in [0.29, 0.717) is 24.9 Å². The number of halogens is 1. The van der Waals surface area contributed by atoms with E-state index in [1.807, 2.05) is 31.2 Å². The van der Waals surface area contributed by atoms with Gasteiger partial charge in [0.25, 0.3) is 5.91 Å². The van der Waals surface area contributed by atoms with Crippen LogP contribution in [0.5, 0.6) is 5.75 Å². The molecule has 2 aliphatic rings. The summed E-state index contributed by atoms with van der Waals surface area (Å²) in [7, 11) is 1.42. The van der Waals surface area contributed by atoms with Crippen LogP contribution in [0, 0.1) is 5.82 Å². The number of fused-ring (bicyclic) bond motifs is 2.